The average molecular weight is 545 g/mol. The Balaban J connectivity index is 3.35. The topological polar surface area (TPSA) is 20.3 Å². The standard InChI is InChI=1S/C37H70NO/c1-3-5-7-9-11-13-15-17-19-21-23-25-27-29-31-33-35-38(37-39)36-34-32-30-28-26-24-22-20-18-16-14-12-10-8-6-4-2/h17-20H,3-16,21-36H2,1-2H3/b19-17-,20-18-. The first kappa shape index (κ1) is 38.0. The Kier molecular flexibility index (Phi) is 34.0. The van der Waals surface area contributed by atoms with E-state index in [-0.39, 0.29) is 0 Å². The van der Waals surface area contributed by atoms with Crippen LogP contribution in [0.5, 0.6) is 0 Å². The fraction of sp³-hybridized carbons (Fsp3) is 0.865. The van der Waals surface area contributed by atoms with Gasteiger partial charge in [0.05, 0.1) is 0 Å². The number of allylic oxidation sites excluding steroid dienone is 4. The maximum atomic E-state index is 11.3. The molecule has 0 rings (SSSR count). The lowest BCUT2D eigenvalue weighted by atomic mass is 10.1. The summed E-state index contributed by atoms with van der Waals surface area (Å²) in [6, 6.07) is 0. The number of unbranched alkanes of at least 4 members (excludes halogenated alkanes) is 24. The van der Waals surface area contributed by atoms with E-state index in [1.54, 1.807) is 0 Å². The minimum Gasteiger partial charge on any atom is -0.334 e. The lowest BCUT2D eigenvalue weighted by Gasteiger charge is -2.16. The van der Waals surface area contributed by atoms with Gasteiger partial charge in [0, 0.05) is 13.1 Å². The van der Waals surface area contributed by atoms with Crippen molar-refractivity contribution >= 4 is 6.41 Å². The van der Waals surface area contributed by atoms with E-state index >= 15 is 0 Å². The molecule has 0 fully saturated rings. The normalized spacial score (nSPS) is 11.7. The Morgan fingerprint density at radius 3 is 0.923 bits per heavy atom. The van der Waals surface area contributed by atoms with Crippen molar-refractivity contribution in [3.8, 4) is 0 Å². The van der Waals surface area contributed by atoms with E-state index in [4.69, 9.17) is 0 Å². The van der Waals surface area contributed by atoms with Crippen LogP contribution >= 0.6 is 0 Å². The summed E-state index contributed by atoms with van der Waals surface area (Å²) in [5, 5.41) is 0. The fourth-order valence-corrected chi connectivity index (χ4v) is 5.30. The number of amides is 1. The highest BCUT2D eigenvalue weighted by Crippen LogP contribution is 2.12. The van der Waals surface area contributed by atoms with Crippen molar-refractivity contribution in [2.75, 3.05) is 13.1 Å². The Morgan fingerprint density at radius 1 is 0.385 bits per heavy atom. The van der Waals surface area contributed by atoms with Crippen molar-refractivity contribution in [3.63, 3.8) is 0 Å². The fourth-order valence-electron chi connectivity index (χ4n) is 5.30. The molecule has 0 aromatic carbocycles. The molecule has 2 heteroatoms. The lowest BCUT2D eigenvalue weighted by Crippen LogP contribution is -2.24. The molecule has 1 radical (unpaired) electrons. The number of nitrogens with zero attached hydrogens (tertiary/aromatic N) is 1. The van der Waals surface area contributed by atoms with Crippen LogP contribution in [0.2, 0.25) is 0 Å². The highest BCUT2D eigenvalue weighted by molar-refractivity contribution is 5.47. The van der Waals surface area contributed by atoms with Gasteiger partial charge in [0.2, 0.25) is 0 Å². The first-order valence-electron chi connectivity index (χ1n) is 17.8. The van der Waals surface area contributed by atoms with Gasteiger partial charge >= 0.3 is 6.41 Å². The van der Waals surface area contributed by atoms with Crippen molar-refractivity contribution in [3.05, 3.63) is 24.3 Å². The molecule has 0 saturated carbocycles. The summed E-state index contributed by atoms with van der Waals surface area (Å²) in [6.45, 7) is 6.36. The van der Waals surface area contributed by atoms with E-state index < -0.39 is 0 Å². The summed E-state index contributed by atoms with van der Waals surface area (Å²) < 4.78 is 0. The minimum absolute atomic E-state index is 0.899. The summed E-state index contributed by atoms with van der Waals surface area (Å²) in [5.74, 6) is 0. The van der Waals surface area contributed by atoms with E-state index in [2.05, 4.69) is 44.6 Å². The zero-order valence-electron chi connectivity index (χ0n) is 26.9. The molecule has 0 bridgehead atoms. The van der Waals surface area contributed by atoms with Crippen LogP contribution in [-0.4, -0.2) is 24.4 Å². The van der Waals surface area contributed by atoms with Gasteiger partial charge in [-0.25, -0.2) is 0 Å². The van der Waals surface area contributed by atoms with E-state index in [1.807, 2.05) is 4.90 Å². The molecule has 0 saturated heterocycles. The van der Waals surface area contributed by atoms with Crippen LogP contribution in [0, 0.1) is 0 Å². The van der Waals surface area contributed by atoms with Gasteiger partial charge in [-0.1, -0.05) is 154 Å². The highest BCUT2D eigenvalue weighted by atomic mass is 16.1. The Morgan fingerprint density at radius 2 is 0.641 bits per heavy atom. The van der Waals surface area contributed by atoms with Crippen LogP contribution in [0.4, 0.5) is 0 Å². The molecule has 0 aromatic rings. The predicted molar refractivity (Wildman–Crippen MR) is 176 cm³/mol. The third-order valence-electron chi connectivity index (χ3n) is 8.01. The van der Waals surface area contributed by atoms with Crippen LogP contribution in [-0.2, 0) is 4.79 Å². The van der Waals surface area contributed by atoms with Crippen molar-refractivity contribution < 1.29 is 4.79 Å². The van der Waals surface area contributed by atoms with Crippen molar-refractivity contribution in [1.29, 1.82) is 0 Å². The molecule has 229 valence electrons. The van der Waals surface area contributed by atoms with Gasteiger partial charge < -0.3 is 4.90 Å². The largest absolute Gasteiger partial charge is 0.334 e. The Hall–Kier alpha value is -1.05. The maximum absolute atomic E-state index is 11.3. The third kappa shape index (κ3) is 33.1. The molecule has 0 aliphatic carbocycles. The highest BCUT2D eigenvalue weighted by Gasteiger charge is 2.02. The molecule has 0 aliphatic rings. The van der Waals surface area contributed by atoms with E-state index in [0.717, 1.165) is 25.9 Å². The van der Waals surface area contributed by atoms with Crippen LogP contribution in [0.25, 0.3) is 0 Å². The van der Waals surface area contributed by atoms with Gasteiger partial charge in [-0.2, -0.15) is 0 Å². The molecule has 0 unspecified atom stereocenters. The second-order valence-corrected chi connectivity index (χ2v) is 12.0. The molecular weight excluding hydrogens is 474 g/mol. The van der Waals surface area contributed by atoms with Crippen LogP contribution in [0.3, 0.4) is 0 Å². The quantitative estimate of drug-likeness (QED) is 0.0457. The van der Waals surface area contributed by atoms with Crippen LogP contribution in [0.1, 0.15) is 194 Å². The molecule has 0 aliphatic heterocycles. The predicted octanol–water partition coefficient (Wildman–Crippen LogP) is 12.4. The average Bonchev–Trinajstić information content (AvgIpc) is 2.95. The van der Waals surface area contributed by atoms with Crippen molar-refractivity contribution in [1.82, 2.24) is 4.90 Å². The van der Waals surface area contributed by atoms with E-state index in [9.17, 15) is 4.79 Å². The summed E-state index contributed by atoms with van der Waals surface area (Å²) in [4.78, 5) is 13.2. The molecule has 0 N–H and O–H groups in total. The van der Waals surface area contributed by atoms with Crippen molar-refractivity contribution in [2.24, 2.45) is 0 Å². The SMILES string of the molecule is CCCCCCCC/C=C\CCCCCCCCN([C]=O)CCCCCCCC/C=C\CCCCCCCC. The lowest BCUT2D eigenvalue weighted by molar-refractivity contribution is 0.356. The molecule has 0 atom stereocenters. The van der Waals surface area contributed by atoms with Crippen LogP contribution < -0.4 is 0 Å². The minimum atomic E-state index is 0.899. The maximum Gasteiger partial charge on any atom is 0.312 e. The van der Waals surface area contributed by atoms with E-state index in [0.29, 0.717) is 0 Å². The van der Waals surface area contributed by atoms with Gasteiger partial charge in [0.15, 0.2) is 0 Å². The van der Waals surface area contributed by atoms with Crippen molar-refractivity contribution in [2.45, 2.75) is 194 Å². The van der Waals surface area contributed by atoms with Gasteiger partial charge in [-0.3, -0.25) is 4.79 Å². The molecule has 0 spiro atoms. The number of carbonyl (C=O) groups excluding carboxylic acids is 1. The van der Waals surface area contributed by atoms with Gasteiger partial charge in [-0.05, 0) is 64.2 Å². The summed E-state index contributed by atoms with van der Waals surface area (Å²) in [7, 11) is 0. The molecule has 0 heterocycles. The molecule has 0 aromatic heterocycles. The second-order valence-electron chi connectivity index (χ2n) is 12.0. The zero-order chi connectivity index (χ0) is 28.3. The van der Waals surface area contributed by atoms with Gasteiger partial charge in [0.25, 0.3) is 0 Å². The number of rotatable bonds is 33. The summed E-state index contributed by atoms with van der Waals surface area (Å²) in [6.07, 6.45) is 49.0. The van der Waals surface area contributed by atoms with Crippen LogP contribution in [0.15, 0.2) is 24.3 Å². The molecule has 39 heavy (non-hydrogen) atoms. The molecular formula is C37H70NO. The second kappa shape index (κ2) is 35.0. The third-order valence-corrected chi connectivity index (χ3v) is 8.01. The van der Waals surface area contributed by atoms with Gasteiger partial charge in [-0.15, -0.1) is 0 Å². The molecule has 1 amide bonds. The first-order valence-corrected chi connectivity index (χ1v) is 17.8. The number of hydrogen-bond donors (Lipinski definition) is 0. The summed E-state index contributed by atoms with van der Waals surface area (Å²) >= 11 is 0. The number of hydrogen-bond acceptors (Lipinski definition) is 1. The zero-order valence-corrected chi connectivity index (χ0v) is 26.9. The Bertz CT molecular complexity index is 470. The van der Waals surface area contributed by atoms with E-state index in [1.165, 1.54) is 167 Å². The Labute approximate surface area is 246 Å². The monoisotopic (exact) mass is 545 g/mol. The summed E-state index contributed by atoms with van der Waals surface area (Å²) in [5.41, 5.74) is 0. The first-order chi connectivity index (χ1) is 19.3. The van der Waals surface area contributed by atoms with Gasteiger partial charge in [0.1, 0.15) is 0 Å². The smallest absolute Gasteiger partial charge is 0.312 e. The molecule has 2 nitrogen and oxygen atoms in total.